The van der Waals surface area contributed by atoms with Gasteiger partial charge in [-0.25, -0.2) is 0 Å². The van der Waals surface area contributed by atoms with Crippen molar-refractivity contribution < 1.29 is 9.59 Å². The third-order valence-corrected chi connectivity index (χ3v) is 3.05. The number of amides is 2. The molecule has 1 aromatic rings. The zero-order valence-electron chi connectivity index (χ0n) is 12.2. The third kappa shape index (κ3) is 3.92. The Balaban J connectivity index is 2.06. The summed E-state index contributed by atoms with van der Waals surface area (Å²) in [6.45, 7) is 0. The zero-order valence-corrected chi connectivity index (χ0v) is 12.2. The van der Waals surface area contributed by atoms with Gasteiger partial charge in [-0.05, 0) is 36.8 Å². The molecule has 0 unspecified atom stereocenters. The second kappa shape index (κ2) is 6.70. The molecule has 0 aromatic heterocycles. The summed E-state index contributed by atoms with van der Waals surface area (Å²) in [4.78, 5) is 25.4. The first-order valence-electron chi connectivity index (χ1n) is 6.74. The van der Waals surface area contributed by atoms with Crippen molar-refractivity contribution in [3.63, 3.8) is 0 Å². The highest BCUT2D eigenvalue weighted by Crippen LogP contribution is 2.08. The minimum atomic E-state index is -0.184. The van der Waals surface area contributed by atoms with Crippen molar-refractivity contribution in [2.75, 3.05) is 14.1 Å². The Morgan fingerprint density at radius 3 is 2.38 bits per heavy atom. The molecule has 0 bridgehead atoms. The molecule has 1 aromatic carbocycles. The second-order valence-corrected chi connectivity index (χ2v) is 4.91. The van der Waals surface area contributed by atoms with Crippen LogP contribution in [0.3, 0.4) is 0 Å². The fourth-order valence-electron chi connectivity index (χ4n) is 1.90. The van der Waals surface area contributed by atoms with E-state index in [1.54, 1.807) is 38.4 Å². The van der Waals surface area contributed by atoms with E-state index in [1.807, 2.05) is 30.4 Å². The number of allylic oxidation sites excluding steroid dienone is 5. The molecule has 0 aliphatic heterocycles. The molecule has 108 valence electrons. The normalized spacial score (nSPS) is 13.3. The Kier molecular flexibility index (Phi) is 4.72. The monoisotopic (exact) mass is 282 g/mol. The van der Waals surface area contributed by atoms with Crippen LogP contribution in [0.4, 0.5) is 0 Å². The van der Waals surface area contributed by atoms with E-state index in [0.717, 1.165) is 12.1 Å². The quantitative estimate of drug-likeness (QED) is 0.926. The van der Waals surface area contributed by atoms with Crippen molar-refractivity contribution in [3.05, 3.63) is 71.5 Å². The van der Waals surface area contributed by atoms with Crippen LogP contribution in [-0.4, -0.2) is 30.8 Å². The van der Waals surface area contributed by atoms with Gasteiger partial charge in [-0.2, -0.15) is 0 Å². The maximum atomic E-state index is 12.1. The van der Waals surface area contributed by atoms with E-state index < -0.39 is 0 Å². The molecule has 2 rings (SSSR count). The van der Waals surface area contributed by atoms with E-state index >= 15 is 0 Å². The lowest BCUT2D eigenvalue weighted by molar-refractivity contribution is 0.0826. The number of nitrogens with zero attached hydrogens (tertiary/aromatic N) is 1. The minimum Gasteiger partial charge on any atom is -0.345 e. The van der Waals surface area contributed by atoms with E-state index in [0.29, 0.717) is 11.1 Å². The molecule has 4 nitrogen and oxygen atoms in total. The Morgan fingerprint density at radius 1 is 1.05 bits per heavy atom. The first kappa shape index (κ1) is 14.8. The standard InChI is InChI=1S/C17H18N2O2/c1-19(2)17(21)14-11-9-13(10-12-14)16(20)18-15-7-5-3-4-6-8-15/h3-5,7-12H,6H2,1-2H3,(H,18,20). The number of hydrogen-bond donors (Lipinski definition) is 1. The summed E-state index contributed by atoms with van der Waals surface area (Å²) in [5.74, 6) is -0.265. The molecule has 1 N–H and O–H groups in total. The molecule has 0 spiro atoms. The fourth-order valence-corrected chi connectivity index (χ4v) is 1.90. The number of nitrogens with one attached hydrogen (secondary N) is 1. The maximum Gasteiger partial charge on any atom is 0.255 e. The molecule has 0 fully saturated rings. The Hall–Kier alpha value is -2.62. The zero-order chi connectivity index (χ0) is 15.2. The van der Waals surface area contributed by atoms with Crippen molar-refractivity contribution in [1.82, 2.24) is 10.2 Å². The summed E-state index contributed by atoms with van der Waals surface area (Å²) in [6.07, 6.45) is 10.4. The first-order valence-corrected chi connectivity index (χ1v) is 6.74. The van der Waals surface area contributed by atoms with E-state index in [4.69, 9.17) is 0 Å². The summed E-state index contributed by atoms with van der Waals surface area (Å²) in [7, 11) is 3.39. The van der Waals surface area contributed by atoms with E-state index in [2.05, 4.69) is 5.32 Å². The molecule has 0 saturated heterocycles. The van der Waals surface area contributed by atoms with Crippen molar-refractivity contribution in [1.29, 1.82) is 0 Å². The number of carbonyl (C=O) groups is 2. The smallest absolute Gasteiger partial charge is 0.255 e. The topological polar surface area (TPSA) is 49.4 Å². The number of hydrogen-bond acceptors (Lipinski definition) is 2. The van der Waals surface area contributed by atoms with Crippen molar-refractivity contribution in [2.24, 2.45) is 0 Å². The third-order valence-electron chi connectivity index (χ3n) is 3.05. The predicted molar refractivity (Wildman–Crippen MR) is 82.9 cm³/mol. The van der Waals surface area contributed by atoms with Crippen molar-refractivity contribution >= 4 is 11.8 Å². The molecular formula is C17H18N2O2. The molecule has 2 amide bonds. The summed E-state index contributed by atoms with van der Waals surface area (Å²) >= 11 is 0. The highest BCUT2D eigenvalue weighted by atomic mass is 16.2. The molecule has 0 saturated carbocycles. The van der Waals surface area contributed by atoms with E-state index in [1.165, 1.54) is 4.90 Å². The lowest BCUT2D eigenvalue weighted by atomic mass is 10.1. The molecular weight excluding hydrogens is 264 g/mol. The van der Waals surface area contributed by atoms with Gasteiger partial charge >= 0.3 is 0 Å². The highest BCUT2D eigenvalue weighted by molar-refractivity contribution is 5.98. The Morgan fingerprint density at radius 2 is 1.71 bits per heavy atom. The van der Waals surface area contributed by atoms with Gasteiger partial charge in [-0.15, -0.1) is 0 Å². The van der Waals surface area contributed by atoms with Crippen LogP contribution in [0.2, 0.25) is 0 Å². The second-order valence-electron chi connectivity index (χ2n) is 4.91. The SMILES string of the molecule is CN(C)C(=O)c1ccc(C(=O)NC2=CCC=CC=C2)cc1. The van der Waals surface area contributed by atoms with Gasteiger partial charge in [0.1, 0.15) is 0 Å². The van der Waals surface area contributed by atoms with Gasteiger partial charge in [0.15, 0.2) is 0 Å². The van der Waals surface area contributed by atoms with Crippen LogP contribution in [0.15, 0.2) is 60.3 Å². The molecule has 21 heavy (non-hydrogen) atoms. The summed E-state index contributed by atoms with van der Waals surface area (Å²) in [6, 6.07) is 6.64. The van der Waals surface area contributed by atoms with Gasteiger partial charge in [0.05, 0.1) is 0 Å². The Bertz CT molecular complexity index is 623. The molecule has 0 radical (unpaired) electrons. The predicted octanol–water partition coefficient (Wildman–Crippen LogP) is 2.52. The lowest BCUT2D eigenvalue weighted by Crippen LogP contribution is -2.23. The summed E-state index contributed by atoms with van der Waals surface area (Å²) in [5, 5.41) is 2.85. The average molecular weight is 282 g/mol. The van der Waals surface area contributed by atoms with Crippen LogP contribution in [0.5, 0.6) is 0 Å². The molecule has 4 heteroatoms. The van der Waals surface area contributed by atoms with Crippen LogP contribution in [0.1, 0.15) is 27.1 Å². The van der Waals surface area contributed by atoms with Crippen LogP contribution in [0, 0.1) is 0 Å². The van der Waals surface area contributed by atoms with Gasteiger partial charge in [0.2, 0.25) is 0 Å². The number of benzene rings is 1. The van der Waals surface area contributed by atoms with Crippen molar-refractivity contribution in [2.45, 2.75) is 6.42 Å². The highest BCUT2D eigenvalue weighted by Gasteiger charge is 2.10. The summed E-state index contributed by atoms with van der Waals surface area (Å²) in [5.41, 5.74) is 1.87. The molecule has 1 aliphatic rings. The minimum absolute atomic E-state index is 0.0811. The molecule has 0 heterocycles. The van der Waals surface area contributed by atoms with Crippen molar-refractivity contribution in [3.8, 4) is 0 Å². The van der Waals surface area contributed by atoms with Gasteiger partial charge in [-0.3, -0.25) is 9.59 Å². The first-order chi connectivity index (χ1) is 10.1. The van der Waals surface area contributed by atoms with E-state index in [-0.39, 0.29) is 11.8 Å². The van der Waals surface area contributed by atoms with Gasteiger partial charge in [-0.1, -0.05) is 24.3 Å². The largest absolute Gasteiger partial charge is 0.345 e. The maximum absolute atomic E-state index is 12.1. The number of carbonyl (C=O) groups excluding carboxylic acids is 2. The fraction of sp³-hybridized carbons (Fsp3) is 0.176. The number of rotatable bonds is 3. The molecule has 0 atom stereocenters. The van der Waals surface area contributed by atoms with E-state index in [9.17, 15) is 9.59 Å². The van der Waals surface area contributed by atoms with Gasteiger partial charge < -0.3 is 10.2 Å². The Labute approximate surface area is 124 Å². The van der Waals surface area contributed by atoms with Crippen LogP contribution in [-0.2, 0) is 0 Å². The van der Waals surface area contributed by atoms with Gasteiger partial charge in [0.25, 0.3) is 11.8 Å². The van der Waals surface area contributed by atoms with Crippen LogP contribution in [0.25, 0.3) is 0 Å². The van der Waals surface area contributed by atoms with Crippen LogP contribution >= 0.6 is 0 Å². The summed E-state index contributed by atoms with van der Waals surface area (Å²) < 4.78 is 0. The van der Waals surface area contributed by atoms with Gasteiger partial charge in [0, 0.05) is 30.9 Å². The average Bonchev–Trinajstić information content (AvgIpc) is 2.75. The van der Waals surface area contributed by atoms with Crippen LogP contribution < -0.4 is 5.32 Å². The molecule has 1 aliphatic carbocycles. The lowest BCUT2D eigenvalue weighted by Gasteiger charge is -2.10.